The summed E-state index contributed by atoms with van der Waals surface area (Å²) < 4.78 is 8.13. The van der Waals surface area contributed by atoms with Crippen LogP contribution in [0.1, 0.15) is 30.1 Å². The highest BCUT2D eigenvalue weighted by molar-refractivity contribution is 6.76. The zero-order chi connectivity index (χ0) is 19.6. The smallest absolute Gasteiger partial charge is 0.167 e. The normalized spacial score (nSPS) is 14.5. The number of nitrogens with one attached hydrogen (secondary N) is 1. The first kappa shape index (κ1) is 18.9. The van der Waals surface area contributed by atoms with Crippen LogP contribution in [0.15, 0.2) is 25.0 Å². The second kappa shape index (κ2) is 7.92. The third-order valence-electron chi connectivity index (χ3n) is 4.79. The minimum Gasteiger partial charge on any atom is -0.364 e. The monoisotopic (exact) mass is 397 g/mol. The van der Waals surface area contributed by atoms with Gasteiger partial charge < -0.3 is 10.1 Å². The van der Waals surface area contributed by atoms with Crippen LogP contribution in [-0.2, 0) is 18.0 Å². The molecule has 3 aromatic rings. The molecular weight excluding hydrogens is 370 g/mol. The molecule has 0 radical (unpaired) electrons. The Bertz CT molecular complexity index is 935. The molecule has 0 unspecified atom stereocenters. The Morgan fingerprint density at radius 2 is 1.93 bits per heavy atom. The van der Waals surface area contributed by atoms with Crippen LogP contribution in [0.4, 0.5) is 5.82 Å². The van der Waals surface area contributed by atoms with E-state index in [4.69, 9.17) is 9.72 Å². The van der Waals surface area contributed by atoms with Crippen molar-refractivity contribution >= 4 is 25.1 Å². The molecule has 0 spiro atoms. The number of imidazole rings is 1. The van der Waals surface area contributed by atoms with Crippen molar-refractivity contribution in [3.8, 4) is 0 Å². The fourth-order valence-electron chi connectivity index (χ4n) is 3.00. The van der Waals surface area contributed by atoms with Crippen molar-refractivity contribution in [2.45, 2.75) is 57.7 Å². The Balaban J connectivity index is 1.54. The molecule has 3 aromatic heterocycles. The van der Waals surface area contributed by atoms with Gasteiger partial charge in [-0.15, -0.1) is 0 Å². The maximum Gasteiger partial charge on any atom is 0.167 e. The Hall–Kier alpha value is -2.39. The summed E-state index contributed by atoms with van der Waals surface area (Å²) in [4.78, 5) is 21.9. The molecule has 4 rings (SSSR count). The molecule has 1 saturated carbocycles. The van der Waals surface area contributed by atoms with Crippen molar-refractivity contribution in [2.24, 2.45) is 0 Å². The lowest BCUT2D eigenvalue weighted by molar-refractivity contribution is 0.0875. The highest BCUT2D eigenvalue weighted by Crippen LogP contribution is 2.41. The van der Waals surface area contributed by atoms with Crippen molar-refractivity contribution in [1.82, 2.24) is 29.5 Å². The minimum absolute atomic E-state index is 0.496. The average molecular weight is 398 g/mol. The van der Waals surface area contributed by atoms with Gasteiger partial charge in [0.15, 0.2) is 17.0 Å². The Kier molecular flexibility index (Phi) is 5.36. The quantitative estimate of drug-likeness (QED) is 0.437. The van der Waals surface area contributed by atoms with Crippen LogP contribution < -0.4 is 5.32 Å². The van der Waals surface area contributed by atoms with Crippen LogP contribution in [0.2, 0.25) is 25.7 Å². The highest BCUT2D eigenvalue weighted by Gasteiger charge is 2.31. The van der Waals surface area contributed by atoms with Gasteiger partial charge in [0.1, 0.15) is 25.2 Å². The molecule has 8 nitrogen and oxygen atoms in total. The van der Waals surface area contributed by atoms with E-state index in [1.165, 1.54) is 19.2 Å². The van der Waals surface area contributed by atoms with Gasteiger partial charge in [0.2, 0.25) is 0 Å². The molecule has 0 saturated heterocycles. The molecule has 9 heteroatoms. The molecule has 1 N–H and O–H groups in total. The molecule has 148 valence electrons. The number of anilines is 1. The van der Waals surface area contributed by atoms with E-state index in [9.17, 15) is 0 Å². The number of aromatic nitrogens is 6. The van der Waals surface area contributed by atoms with E-state index in [1.54, 1.807) is 18.7 Å². The molecule has 0 aromatic carbocycles. The Morgan fingerprint density at radius 3 is 2.64 bits per heavy atom. The molecule has 0 amide bonds. The molecule has 1 aliphatic rings. The average Bonchev–Trinajstić information content (AvgIpc) is 3.45. The molecule has 0 bridgehead atoms. The van der Waals surface area contributed by atoms with Crippen molar-refractivity contribution < 1.29 is 4.74 Å². The van der Waals surface area contributed by atoms with Gasteiger partial charge in [-0.1, -0.05) is 19.6 Å². The molecule has 1 aliphatic carbocycles. The first-order chi connectivity index (χ1) is 13.5. The van der Waals surface area contributed by atoms with Gasteiger partial charge in [0, 0.05) is 45.1 Å². The summed E-state index contributed by atoms with van der Waals surface area (Å²) in [5.41, 5.74) is 2.62. The van der Waals surface area contributed by atoms with Crippen LogP contribution in [0.5, 0.6) is 0 Å². The van der Waals surface area contributed by atoms with Crippen molar-refractivity contribution in [3.05, 3.63) is 36.4 Å². The predicted octanol–water partition coefficient (Wildman–Crippen LogP) is 3.42. The molecule has 0 atom stereocenters. The summed E-state index contributed by atoms with van der Waals surface area (Å²) in [7, 11) is -1.10. The summed E-state index contributed by atoms with van der Waals surface area (Å²) in [6.45, 7) is 8.95. The maximum atomic E-state index is 6.01. The van der Waals surface area contributed by atoms with Gasteiger partial charge >= 0.3 is 0 Å². The third kappa shape index (κ3) is 4.53. The summed E-state index contributed by atoms with van der Waals surface area (Å²) in [5.74, 6) is 2.30. The van der Waals surface area contributed by atoms with Gasteiger partial charge in [-0.3, -0.25) is 4.57 Å². The summed E-state index contributed by atoms with van der Waals surface area (Å²) in [6.07, 6.45) is 9.05. The third-order valence-corrected chi connectivity index (χ3v) is 6.50. The van der Waals surface area contributed by atoms with Crippen LogP contribution in [0.25, 0.3) is 11.2 Å². The lowest BCUT2D eigenvalue weighted by Crippen LogP contribution is -2.22. The fraction of sp³-hybridized carbons (Fsp3) is 0.526. The van der Waals surface area contributed by atoms with E-state index in [-0.39, 0.29) is 0 Å². The lowest BCUT2D eigenvalue weighted by atomic mass is 10.3. The zero-order valence-corrected chi connectivity index (χ0v) is 17.7. The van der Waals surface area contributed by atoms with E-state index in [0.29, 0.717) is 19.2 Å². The standard InChI is InChI=1S/C19H27N7OSi/c1-28(2,3)7-6-27-13-26-18(15-4-5-15)25-16-17(23-12-24-19(16)26)22-10-14-8-20-11-21-9-14/h8-9,11-12,15H,4-7,10,13H2,1-3H3,(H,22,23,24). The second-order valence-electron chi connectivity index (χ2n) is 8.52. The molecule has 28 heavy (non-hydrogen) atoms. The topological polar surface area (TPSA) is 90.6 Å². The molecule has 3 heterocycles. The zero-order valence-electron chi connectivity index (χ0n) is 16.7. The highest BCUT2D eigenvalue weighted by atomic mass is 28.3. The van der Waals surface area contributed by atoms with Crippen molar-refractivity contribution in [2.75, 3.05) is 11.9 Å². The van der Waals surface area contributed by atoms with Gasteiger partial charge in [0.25, 0.3) is 0 Å². The SMILES string of the molecule is C[Si](C)(C)CCOCn1c(C2CC2)nc2c(NCc3cncnc3)ncnc21. The van der Waals surface area contributed by atoms with Gasteiger partial charge in [-0.2, -0.15) is 0 Å². The van der Waals surface area contributed by atoms with Gasteiger partial charge in [0.05, 0.1) is 0 Å². The number of ether oxygens (including phenoxy) is 1. The number of nitrogens with zero attached hydrogens (tertiary/aromatic N) is 6. The predicted molar refractivity (Wildman–Crippen MR) is 111 cm³/mol. The first-order valence-corrected chi connectivity index (χ1v) is 13.5. The van der Waals surface area contributed by atoms with E-state index >= 15 is 0 Å². The van der Waals surface area contributed by atoms with Crippen molar-refractivity contribution in [1.29, 1.82) is 0 Å². The second-order valence-corrected chi connectivity index (χ2v) is 14.1. The van der Waals surface area contributed by atoms with Crippen LogP contribution in [0, 0.1) is 0 Å². The fourth-order valence-corrected chi connectivity index (χ4v) is 3.76. The number of fused-ring (bicyclic) bond motifs is 1. The molecule has 1 fully saturated rings. The lowest BCUT2D eigenvalue weighted by Gasteiger charge is -2.16. The Morgan fingerprint density at radius 1 is 1.14 bits per heavy atom. The van der Waals surface area contributed by atoms with E-state index in [2.05, 4.69) is 49.5 Å². The Labute approximate surface area is 165 Å². The van der Waals surface area contributed by atoms with Crippen molar-refractivity contribution in [3.63, 3.8) is 0 Å². The van der Waals surface area contributed by atoms with Gasteiger partial charge in [-0.05, 0) is 18.9 Å². The van der Waals surface area contributed by atoms with Crippen LogP contribution in [-0.4, -0.2) is 44.2 Å². The largest absolute Gasteiger partial charge is 0.364 e. The van der Waals surface area contributed by atoms with Crippen LogP contribution >= 0.6 is 0 Å². The number of rotatable bonds is 9. The number of hydrogen-bond acceptors (Lipinski definition) is 7. The van der Waals surface area contributed by atoms with E-state index < -0.39 is 8.07 Å². The summed E-state index contributed by atoms with van der Waals surface area (Å²) in [5, 5.41) is 3.35. The first-order valence-electron chi connectivity index (χ1n) is 9.78. The number of hydrogen-bond donors (Lipinski definition) is 1. The summed E-state index contributed by atoms with van der Waals surface area (Å²) >= 11 is 0. The maximum absolute atomic E-state index is 6.01. The van der Waals surface area contributed by atoms with Gasteiger partial charge in [-0.25, -0.2) is 24.9 Å². The van der Waals surface area contributed by atoms with E-state index in [0.717, 1.165) is 41.0 Å². The molecule has 0 aliphatic heterocycles. The van der Waals surface area contributed by atoms with Crippen LogP contribution in [0.3, 0.4) is 0 Å². The summed E-state index contributed by atoms with van der Waals surface area (Å²) in [6, 6.07) is 1.15. The molecular formula is C19H27N7OSi. The van der Waals surface area contributed by atoms with E-state index in [1.807, 2.05) is 0 Å². The minimum atomic E-state index is -1.10.